The van der Waals surface area contributed by atoms with Gasteiger partial charge < -0.3 is 20.3 Å². The molecular formula is C15H20ClN3O2. The lowest BCUT2D eigenvalue weighted by atomic mass is 10.1. The summed E-state index contributed by atoms with van der Waals surface area (Å²) in [7, 11) is 0. The smallest absolute Gasteiger partial charge is 0.228 e. The van der Waals surface area contributed by atoms with Crippen LogP contribution in [0.3, 0.4) is 0 Å². The monoisotopic (exact) mass is 309 g/mol. The number of nitrogens with one attached hydrogen (secondary N) is 2. The first kappa shape index (κ1) is 14.6. The van der Waals surface area contributed by atoms with Crippen molar-refractivity contribution in [1.29, 1.82) is 0 Å². The van der Waals surface area contributed by atoms with Gasteiger partial charge in [0.2, 0.25) is 5.91 Å². The van der Waals surface area contributed by atoms with E-state index in [1.165, 1.54) is 0 Å². The molecule has 2 heterocycles. The van der Waals surface area contributed by atoms with E-state index in [4.69, 9.17) is 16.3 Å². The molecule has 0 aromatic heterocycles. The third kappa shape index (κ3) is 3.31. The Kier molecular flexibility index (Phi) is 4.63. The summed E-state index contributed by atoms with van der Waals surface area (Å²) in [6.07, 6.45) is 0.888. The SMILES string of the molecule is O=C(Nc1cccc(Cl)c1N1CCOCC1)C1CCNC1. The summed E-state index contributed by atoms with van der Waals surface area (Å²) in [5.41, 5.74) is 1.70. The first-order valence-electron chi connectivity index (χ1n) is 7.38. The largest absolute Gasteiger partial charge is 0.378 e. The van der Waals surface area contributed by atoms with E-state index in [9.17, 15) is 4.79 Å². The Morgan fingerprint density at radius 2 is 2.19 bits per heavy atom. The van der Waals surface area contributed by atoms with Gasteiger partial charge in [0.15, 0.2) is 0 Å². The Bertz CT molecular complexity index is 512. The molecule has 2 saturated heterocycles. The summed E-state index contributed by atoms with van der Waals surface area (Å²) in [5.74, 6) is 0.110. The number of amides is 1. The third-order valence-electron chi connectivity index (χ3n) is 4.00. The van der Waals surface area contributed by atoms with Crippen molar-refractivity contribution in [2.45, 2.75) is 6.42 Å². The minimum Gasteiger partial charge on any atom is -0.378 e. The number of morpholine rings is 1. The summed E-state index contributed by atoms with van der Waals surface area (Å²) in [4.78, 5) is 14.5. The Labute approximate surface area is 129 Å². The second kappa shape index (κ2) is 6.64. The minimum atomic E-state index is 0.0431. The zero-order valence-corrected chi connectivity index (χ0v) is 12.7. The van der Waals surface area contributed by atoms with E-state index in [1.54, 1.807) is 0 Å². The van der Waals surface area contributed by atoms with Crippen LogP contribution in [-0.4, -0.2) is 45.3 Å². The zero-order valence-electron chi connectivity index (χ0n) is 11.9. The van der Waals surface area contributed by atoms with E-state index in [-0.39, 0.29) is 11.8 Å². The summed E-state index contributed by atoms with van der Waals surface area (Å²) >= 11 is 6.36. The highest BCUT2D eigenvalue weighted by Gasteiger charge is 2.24. The number of carbonyl (C=O) groups is 1. The maximum atomic E-state index is 12.3. The number of hydrogen-bond donors (Lipinski definition) is 2. The van der Waals surface area contributed by atoms with Gasteiger partial charge in [-0.2, -0.15) is 0 Å². The van der Waals surface area contributed by atoms with Crippen molar-refractivity contribution in [3.05, 3.63) is 23.2 Å². The molecule has 0 saturated carbocycles. The number of rotatable bonds is 3. The molecule has 21 heavy (non-hydrogen) atoms. The molecule has 1 aromatic carbocycles. The lowest BCUT2D eigenvalue weighted by Gasteiger charge is -2.31. The molecular weight excluding hydrogens is 290 g/mol. The lowest BCUT2D eigenvalue weighted by Crippen LogP contribution is -2.37. The number of nitrogens with zero attached hydrogens (tertiary/aromatic N) is 1. The molecule has 6 heteroatoms. The quantitative estimate of drug-likeness (QED) is 0.893. The molecule has 2 N–H and O–H groups in total. The Morgan fingerprint density at radius 1 is 1.38 bits per heavy atom. The van der Waals surface area contributed by atoms with Crippen molar-refractivity contribution < 1.29 is 9.53 Å². The molecule has 5 nitrogen and oxygen atoms in total. The number of halogens is 1. The number of hydrogen-bond acceptors (Lipinski definition) is 4. The summed E-state index contributed by atoms with van der Waals surface area (Å²) in [5, 5.41) is 6.93. The highest BCUT2D eigenvalue weighted by molar-refractivity contribution is 6.34. The molecule has 0 aliphatic carbocycles. The van der Waals surface area contributed by atoms with Crippen LogP contribution in [0.5, 0.6) is 0 Å². The highest BCUT2D eigenvalue weighted by atomic mass is 35.5. The maximum Gasteiger partial charge on any atom is 0.228 e. The van der Waals surface area contributed by atoms with Crippen molar-refractivity contribution in [3.63, 3.8) is 0 Å². The summed E-state index contributed by atoms with van der Waals surface area (Å²) in [6, 6.07) is 5.64. The second-order valence-corrected chi connectivity index (χ2v) is 5.82. The van der Waals surface area contributed by atoms with E-state index < -0.39 is 0 Å². The van der Waals surface area contributed by atoms with Crippen LogP contribution >= 0.6 is 11.6 Å². The van der Waals surface area contributed by atoms with Crippen molar-refractivity contribution in [1.82, 2.24) is 5.32 Å². The molecule has 2 aliphatic rings. The predicted molar refractivity (Wildman–Crippen MR) is 84.1 cm³/mol. The van der Waals surface area contributed by atoms with Gasteiger partial charge >= 0.3 is 0 Å². The normalized spacial score (nSPS) is 22.3. The lowest BCUT2D eigenvalue weighted by molar-refractivity contribution is -0.119. The van der Waals surface area contributed by atoms with Crippen molar-refractivity contribution >= 4 is 28.9 Å². The fraction of sp³-hybridized carbons (Fsp3) is 0.533. The molecule has 1 atom stereocenters. The fourth-order valence-electron chi connectivity index (χ4n) is 2.84. The van der Waals surface area contributed by atoms with E-state index in [0.717, 1.165) is 44.0 Å². The average molecular weight is 310 g/mol. The number of anilines is 2. The van der Waals surface area contributed by atoms with Gasteiger partial charge in [0, 0.05) is 19.6 Å². The number of para-hydroxylation sites is 1. The van der Waals surface area contributed by atoms with Gasteiger partial charge in [0.25, 0.3) is 0 Å². The van der Waals surface area contributed by atoms with Gasteiger partial charge in [0.1, 0.15) is 0 Å². The van der Waals surface area contributed by atoms with Crippen LogP contribution in [0, 0.1) is 5.92 Å². The molecule has 2 fully saturated rings. The Morgan fingerprint density at radius 3 is 2.90 bits per heavy atom. The van der Waals surface area contributed by atoms with Gasteiger partial charge in [-0.15, -0.1) is 0 Å². The Balaban J connectivity index is 1.80. The molecule has 3 rings (SSSR count). The van der Waals surface area contributed by atoms with Crippen LogP contribution in [0.15, 0.2) is 18.2 Å². The Hall–Kier alpha value is -1.30. The molecule has 0 spiro atoms. The fourth-order valence-corrected chi connectivity index (χ4v) is 3.13. The van der Waals surface area contributed by atoms with Crippen LogP contribution < -0.4 is 15.5 Å². The van der Waals surface area contributed by atoms with Crippen LogP contribution in [0.1, 0.15) is 6.42 Å². The predicted octanol–water partition coefficient (Wildman–Crippen LogP) is 1.72. The molecule has 1 amide bonds. The summed E-state index contributed by atoms with van der Waals surface area (Å²) in [6.45, 7) is 4.61. The van der Waals surface area contributed by atoms with Gasteiger partial charge in [-0.1, -0.05) is 17.7 Å². The second-order valence-electron chi connectivity index (χ2n) is 5.41. The maximum absolute atomic E-state index is 12.3. The van der Waals surface area contributed by atoms with Crippen LogP contribution in [-0.2, 0) is 9.53 Å². The van der Waals surface area contributed by atoms with E-state index >= 15 is 0 Å². The zero-order chi connectivity index (χ0) is 14.7. The van der Waals surface area contributed by atoms with E-state index in [0.29, 0.717) is 18.2 Å². The molecule has 1 aromatic rings. The molecule has 2 aliphatic heterocycles. The minimum absolute atomic E-state index is 0.0431. The van der Waals surface area contributed by atoms with E-state index in [2.05, 4.69) is 15.5 Å². The molecule has 0 bridgehead atoms. The first-order valence-corrected chi connectivity index (χ1v) is 7.76. The standard InChI is InChI=1S/C15H20ClN3O2/c16-12-2-1-3-13(14(12)19-6-8-21-9-7-19)18-15(20)11-4-5-17-10-11/h1-3,11,17H,4-10H2,(H,18,20). The van der Waals surface area contributed by atoms with Crippen molar-refractivity contribution in [3.8, 4) is 0 Å². The van der Waals surface area contributed by atoms with Crippen LogP contribution in [0.25, 0.3) is 0 Å². The number of carbonyl (C=O) groups excluding carboxylic acids is 1. The van der Waals surface area contributed by atoms with Crippen molar-refractivity contribution in [2.24, 2.45) is 5.92 Å². The van der Waals surface area contributed by atoms with Crippen LogP contribution in [0.2, 0.25) is 5.02 Å². The summed E-state index contributed by atoms with van der Waals surface area (Å²) < 4.78 is 5.38. The first-order chi connectivity index (χ1) is 10.3. The topological polar surface area (TPSA) is 53.6 Å². The third-order valence-corrected chi connectivity index (χ3v) is 4.31. The molecule has 1 unspecified atom stereocenters. The average Bonchev–Trinajstić information content (AvgIpc) is 3.02. The van der Waals surface area contributed by atoms with Gasteiger partial charge in [-0.05, 0) is 25.1 Å². The van der Waals surface area contributed by atoms with Crippen LogP contribution in [0.4, 0.5) is 11.4 Å². The van der Waals surface area contributed by atoms with Crippen molar-refractivity contribution in [2.75, 3.05) is 49.6 Å². The number of benzene rings is 1. The number of ether oxygens (including phenoxy) is 1. The highest BCUT2D eigenvalue weighted by Crippen LogP contribution is 2.34. The van der Waals surface area contributed by atoms with Gasteiger partial charge in [-0.3, -0.25) is 4.79 Å². The van der Waals surface area contributed by atoms with Gasteiger partial charge in [0.05, 0.1) is 35.5 Å². The van der Waals surface area contributed by atoms with E-state index in [1.807, 2.05) is 18.2 Å². The molecule has 0 radical (unpaired) electrons. The molecule has 114 valence electrons. The van der Waals surface area contributed by atoms with Gasteiger partial charge in [-0.25, -0.2) is 0 Å².